The van der Waals surface area contributed by atoms with E-state index in [-0.39, 0.29) is 11.3 Å². The number of rotatable bonds is 3. The van der Waals surface area contributed by atoms with Crippen LogP contribution in [0.4, 0.5) is 10.1 Å². The first-order valence-electron chi connectivity index (χ1n) is 4.51. The molecule has 86 valence electrons. The lowest BCUT2D eigenvalue weighted by atomic mass is 10.1. The van der Waals surface area contributed by atoms with Crippen LogP contribution in [0.5, 0.6) is 0 Å². The van der Waals surface area contributed by atoms with Crippen molar-refractivity contribution < 1.29 is 19.1 Å². The van der Waals surface area contributed by atoms with Crippen molar-refractivity contribution in [2.75, 3.05) is 5.73 Å². The summed E-state index contributed by atoms with van der Waals surface area (Å²) in [4.78, 5) is 22.0. The Hall–Kier alpha value is -2.11. The minimum Gasteiger partial charge on any atom is -0.480 e. The maximum atomic E-state index is 13.3. The van der Waals surface area contributed by atoms with Crippen LogP contribution in [0.1, 0.15) is 17.3 Å². The Bertz CT molecular complexity index is 414. The quantitative estimate of drug-likeness (QED) is 0.657. The van der Waals surface area contributed by atoms with E-state index in [1.54, 1.807) is 0 Å². The van der Waals surface area contributed by atoms with Gasteiger partial charge in [0.25, 0.3) is 5.91 Å². The number of benzene rings is 1. The van der Waals surface area contributed by atoms with Crippen LogP contribution in [0.3, 0.4) is 0 Å². The summed E-state index contributed by atoms with van der Waals surface area (Å²) in [5.74, 6) is -2.83. The highest BCUT2D eigenvalue weighted by molar-refractivity contribution is 6.00. The number of aliphatic carboxylic acids is 1. The molecular formula is C10H11FN2O3. The van der Waals surface area contributed by atoms with Crippen molar-refractivity contribution >= 4 is 17.6 Å². The van der Waals surface area contributed by atoms with Crippen LogP contribution in [0.15, 0.2) is 18.2 Å². The molecule has 16 heavy (non-hydrogen) atoms. The first-order chi connectivity index (χ1) is 7.43. The number of amides is 1. The highest BCUT2D eigenvalue weighted by Crippen LogP contribution is 2.15. The smallest absolute Gasteiger partial charge is 0.325 e. The fourth-order valence-electron chi connectivity index (χ4n) is 1.11. The van der Waals surface area contributed by atoms with E-state index < -0.39 is 23.7 Å². The van der Waals surface area contributed by atoms with E-state index in [0.717, 1.165) is 6.07 Å². The molecule has 0 bridgehead atoms. The number of anilines is 1. The number of nitrogens with two attached hydrogens (primary N) is 1. The van der Waals surface area contributed by atoms with Crippen LogP contribution in [0.25, 0.3) is 0 Å². The van der Waals surface area contributed by atoms with Gasteiger partial charge in [0, 0.05) is 5.69 Å². The summed E-state index contributed by atoms with van der Waals surface area (Å²) in [5.41, 5.74) is 5.06. The van der Waals surface area contributed by atoms with E-state index in [1.807, 2.05) is 0 Å². The molecule has 4 N–H and O–H groups in total. The molecule has 1 aromatic carbocycles. The van der Waals surface area contributed by atoms with E-state index >= 15 is 0 Å². The fourth-order valence-corrected chi connectivity index (χ4v) is 1.11. The van der Waals surface area contributed by atoms with Crippen molar-refractivity contribution in [3.63, 3.8) is 0 Å². The maximum absolute atomic E-state index is 13.3. The molecule has 0 spiro atoms. The van der Waals surface area contributed by atoms with E-state index in [0.29, 0.717) is 0 Å². The van der Waals surface area contributed by atoms with Crippen LogP contribution in [-0.4, -0.2) is 23.0 Å². The van der Waals surface area contributed by atoms with Crippen LogP contribution >= 0.6 is 0 Å². The van der Waals surface area contributed by atoms with E-state index in [2.05, 4.69) is 5.32 Å². The molecule has 1 atom stereocenters. The number of halogens is 1. The van der Waals surface area contributed by atoms with Gasteiger partial charge in [-0.05, 0) is 19.1 Å². The van der Waals surface area contributed by atoms with Gasteiger partial charge in [-0.2, -0.15) is 0 Å². The molecule has 0 fully saturated rings. The average Bonchev–Trinajstić information content (AvgIpc) is 2.16. The molecule has 0 aliphatic carbocycles. The zero-order valence-corrected chi connectivity index (χ0v) is 8.53. The van der Waals surface area contributed by atoms with Crippen molar-refractivity contribution in [2.24, 2.45) is 0 Å². The molecule has 1 rings (SSSR count). The van der Waals surface area contributed by atoms with Crippen LogP contribution < -0.4 is 11.1 Å². The number of hydrogen-bond donors (Lipinski definition) is 3. The number of hydrogen-bond acceptors (Lipinski definition) is 3. The van der Waals surface area contributed by atoms with Gasteiger partial charge in [0.1, 0.15) is 11.9 Å². The molecule has 0 aliphatic heterocycles. The van der Waals surface area contributed by atoms with E-state index in [4.69, 9.17) is 10.8 Å². The molecule has 1 aromatic rings. The maximum Gasteiger partial charge on any atom is 0.325 e. The van der Waals surface area contributed by atoms with Crippen molar-refractivity contribution in [1.29, 1.82) is 0 Å². The Morgan fingerprint density at radius 1 is 1.50 bits per heavy atom. The Balaban J connectivity index is 2.93. The van der Waals surface area contributed by atoms with Gasteiger partial charge in [0.15, 0.2) is 0 Å². The molecule has 0 aromatic heterocycles. The molecule has 1 amide bonds. The second kappa shape index (κ2) is 4.61. The molecule has 6 heteroatoms. The molecule has 5 nitrogen and oxygen atoms in total. The third-order valence-electron chi connectivity index (χ3n) is 1.99. The zero-order valence-electron chi connectivity index (χ0n) is 8.53. The minimum atomic E-state index is -1.21. The summed E-state index contributed by atoms with van der Waals surface area (Å²) in [6.45, 7) is 1.28. The third kappa shape index (κ3) is 2.47. The molecule has 0 saturated carbocycles. The topological polar surface area (TPSA) is 92.4 Å². The average molecular weight is 225 g/mol. The molecule has 0 radical (unpaired) electrons. The number of nitrogen functional groups attached to an aromatic ring is 1. The largest absolute Gasteiger partial charge is 0.480 e. The van der Waals surface area contributed by atoms with Crippen molar-refractivity contribution in [3.8, 4) is 0 Å². The number of nitrogens with one attached hydrogen (secondary N) is 1. The fraction of sp³-hybridized carbons (Fsp3) is 0.200. The van der Waals surface area contributed by atoms with Crippen molar-refractivity contribution in [2.45, 2.75) is 13.0 Å². The first-order valence-corrected chi connectivity index (χ1v) is 4.51. The third-order valence-corrected chi connectivity index (χ3v) is 1.99. The predicted octanol–water partition coefficient (Wildman–Crippen LogP) is 0.611. The minimum absolute atomic E-state index is 0.0323. The summed E-state index contributed by atoms with van der Waals surface area (Å²) in [6, 6.07) is 2.70. The van der Waals surface area contributed by atoms with E-state index in [1.165, 1.54) is 19.1 Å². The van der Waals surface area contributed by atoms with Gasteiger partial charge in [-0.1, -0.05) is 6.07 Å². The van der Waals surface area contributed by atoms with Crippen molar-refractivity contribution in [1.82, 2.24) is 5.32 Å². The SMILES string of the molecule is C[C@@H](NC(=O)c1c(N)cccc1[18F])C(=O)O. The van der Waals surface area contributed by atoms with Gasteiger partial charge in [-0.25, -0.2) is 4.39 Å². The second-order valence-electron chi connectivity index (χ2n) is 3.24. The number of carbonyl (C=O) groups excluding carboxylic acids is 1. The van der Waals surface area contributed by atoms with Crippen molar-refractivity contribution in [3.05, 3.63) is 29.6 Å². The normalized spacial score (nSPS) is 11.9. The molecule has 0 unspecified atom stereocenters. The lowest BCUT2D eigenvalue weighted by Gasteiger charge is -2.11. The second-order valence-corrected chi connectivity index (χ2v) is 3.24. The van der Waals surface area contributed by atoms with Crippen LogP contribution in [-0.2, 0) is 4.79 Å². The summed E-state index contributed by atoms with van der Waals surface area (Å²) in [5, 5.41) is 10.7. The lowest BCUT2D eigenvalue weighted by molar-refractivity contribution is -0.138. The van der Waals surface area contributed by atoms with Crippen LogP contribution in [0.2, 0.25) is 0 Å². The molecule has 0 aliphatic rings. The lowest BCUT2D eigenvalue weighted by Crippen LogP contribution is -2.39. The zero-order chi connectivity index (χ0) is 12.3. The number of carbonyl (C=O) groups is 2. The van der Waals surface area contributed by atoms with Gasteiger partial charge in [-0.15, -0.1) is 0 Å². The Morgan fingerprint density at radius 2 is 2.12 bits per heavy atom. The molecular weight excluding hydrogens is 214 g/mol. The standard InChI is InChI=1S/C10H11FN2O3/c1-5(10(15)16)13-9(14)8-6(11)3-2-4-7(8)12/h2-5H,12H2,1H3,(H,13,14)(H,15,16)/t5-/m1/s1/i11-1. The molecule has 0 saturated heterocycles. The van der Waals surface area contributed by atoms with Gasteiger partial charge >= 0.3 is 5.97 Å². The highest BCUT2D eigenvalue weighted by Gasteiger charge is 2.19. The van der Waals surface area contributed by atoms with Crippen LogP contribution in [0, 0.1) is 5.82 Å². The number of carboxylic acid groups (broad SMARTS) is 1. The van der Waals surface area contributed by atoms with Gasteiger partial charge in [0.05, 0.1) is 5.56 Å². The summed E-state index contributed by atoms with van der Waals surface area (Å²) in [6.07, 6.45) is 0. The first kappa shape index (κ1) is 12.0. The highest BCUT2D eigenvalue weighted by atomic mass is 18.2. The summed E-state index contributed by atoms with van der Waals surface area (Å²) < 4.78 is 13.3. The Labute approximate surface area is 91.1 Å². The summed E-state index contributed by atoms with van der Waals surface area (Å²) in [7, 11) is 0. The Kier molecular flexibility index (Phi) is 3.44. The molecule has 0 heterocycles. The number of carboxylic acids is 1. The van der Waals surface area contributed by atoms with Gasteiger partial charge in [-0.3, -0.25) is 9.59 Å². The Morgan fingerprint density at radius 3 is 2.62 bits per heavy atom. The van der Waals surface area contributed by atoms with E-state index in [9.17, 15) is 14.0 Å². The van der Waals surface area contributed by atoms with Gasteiger partial charge in [0.2, 0.25) is 0 Å². The summed E-state index contributed by atoms with van der Waals surface area (Å²) >= 11 is 0. The predicted molar refractivity (Wildman–Crippen MR) is 55.4 cm³/mol. The van der Waals surface area contributed by atoms with Gasteiger partial charge < -0.3 is 16.2 Å². The monoisotopic (exact) mass is 225 g/mol.